The number of fused-ring (bicyclic) bond motifs is 1. The Bertz CT molecular complexity index is 412. The molecular weight excluding hydrogens is 194 g/mol. The van der Waals surface area contributed by atoms with Gasteiger partial charge in [0.05, 0.1) is 0 Å². The van der Waals surface area contributed by atoms with Crippen molar-refractivity contribution in [1.82, 2.24) is 4.90 Å². The second-order valence-electron chi connectivity index (χ2n) is 3.71. The Morgan fingerprint density at radius 2 is 2.00 bits per heavy atom. The van der Waals surface area contributed by atoms with Crippen molar-refractivity contribution in [2.45, 2.75) is 6.42 Å². The first-order valence-corrected chi connectivity index (χ1v) is 5.03. The summed E-state index contributed by atoms with van der Waals surface area (Å²) in [6.07, 6.45) is 1.11. The van der Waals surface area contributed by atoms with E-state index >= 15 is 0 Å². The summed E-state index contributed by atoms with van der Waals surface area (Å²) in [6, 6.07) is 5.33. The van der Waals surface area contributed by atoms with Crippen molar-refractivity contribution in [3.8, 4) is 11.5 Å². The summed E-state index contributed by atoms with van der Waals surface area (Å²) in [7, 11) is 0. The van der Waals surface area contributed by atoms with Gasteiger partial charge in [0, 0.05) is 18.7 Å². The molecule has 4 nitrogen and oxygen atoms in total. The summed E-state index contributed by atoms with van der Waals surface area (Å²) in [4.78, 5) is 13.7. The van der Waals surface area contributed by atoms with E-state index < -0.39 is 0 Å². The molecular formula is C11H11NO3. The third kappa shape index (κ3) is 1.33. The van der Waals surface area contributed by atoms with Gasteiger partial charge in [-0.05, 0) is 24.6 Å². The Balaban J connectivity index is 1.88. The zero-order valence-corrected chi connectivity index (χ0v) is 8.23. The van der Waals surface area contributed by atoms with Crippen LogP contribution in [0, 0.1) is 0 Å². The van der Waals surface area contributed by atoms with Gasteiger partial charge in [-0.15, -0.1) is 0 Å². The molecule has 1 fully saturated rings. The molecule has 2 aliphatic rings. The average molecular weight is 205 g/mol. The number of hydrogen-bond donors (Lipinski definition) is 0. The zero-order chi connectivity index (χ0) is 10.3. The van der Waals surface area contributed by atoms with Crippen molar-refractivity contribution in [1.29, 1.82) is 0 Å². The molecule has 0 aromatic heterocycles. The van der Waals surface area contributed by atoms with Crippen LogP contribution < -0.4 is 9.47 Å². The monoisotopic (exact) mass is 205 g/mol. The van der Waals surface area contributed by atoms with Gasteiger partial charge in [-0.2, -0.15) is 0 Å². The first-order valence-electron chi connectivity index (χ1n) is 5.03. The Labute approximate surface area is 87.4 Å². The Morgan fingerprint density at radius 3 is 2.73 bits per heavy atom. The molecule has 1 aromatic rings. The minimum absolute atomic E-state index is 0.0829. The van der Waals surface area contributed by atoms with E-state index in [2.05, 4.69) is 0 Å². The lowest BCUT2D eigenvalue weighted by Crippen LogP contribution is -2.41. The predicted molar refractivity (Wildman–Crippen MR) is 53.1 cm³/mol. The van der Waals surface area contributed by atoms with E-state index in [1.54, 1.807) is 18.2 Å². The second kappa shape index (κ2) is 3.15. The van der Waals surface area contributed by atoms with Gasteiger partial charge < -0.3 is 14.4 Å². The molecule has 15 heavy (non-hydrogen) atoms. The molecule has 0 spiro atoms. The molecule has 4 heteroatoms. The molecule has 1 aromatic carbocycles. The highest BCUT2D eigenvalue weighted by molar-refractivity contribution is 5.95. The maximum absolute atomic E-state index is 11.9. The Kier molecular flexibility index (Phi) is 1.80. The van der Waals surface area contributed by atoms with Crippen LogP contribution in [0.3, 0.4) is 0 Å². The number of carbonyl (C=O) groups is 1. The molecule has 3 rings (SSSR count). The molecule has 0 N–H and O–H groups in total. The maximum atomic E-state index is 11.9. The lowest BCUT2D eigenvalue weighted by atomic mass is 10.1. The topological polar surface area (TPSA) is 38.8 Å². The second-order valence-corrected chi connectivity index (χ2v) is 3.71. The van der Waals surface area contributed by atoms with Gasteiger partial charge in [-0.1, -0.05) is 0 Å². The number of benzene rings is 1. The summed E-state index contributed by atoms with van der Waals surface area (Å²) in [5.74, 6) is 1.47. The van der Waals surface area contributed by atoms with E-state index in [0.717, 1.165) is 25.3 Å². The first-order chi connectivity index (χ1) is 7.34. The lowest BCUT2D eigenvalue weighted by Gasteiger charge is -2.30. The number of hydrogen-bond acceptors (Lipinski definition) is 3. The lowest BCUT2D eigenvalue weighted by molar-refractivity contribution is 0.0651. The third-order valence-electron chi connectivity index (χ3n) is 2.76. The van der Waals surface area contributed by atoms with Crippen LogP contribution in [0.4, 0.5) is 0 Å². The van der Waals surface area contributed by atoms with E-state index in [0.29, 0.717) is 11.3 Å². The van der Waals surface area contributed by atoms with Crippen LogP contribution in [-0.2, 0) is 0 Å². The van der Waals surface area contributed by atoms with Crippen molar-refractivity contribution in [2.75, 3.05) is 19.9 Å². The van der Waals surface area contributed by atoms with Crippen LogP contribution in [-0.4, -0.2) is 30.7 Å². The zero-order valence-electron chi connectivity index (χ0n) is 8.23. The molecule has 1 amide bonds. The van der Waals surface area contributed by atoms with E-state index in [-0.39, 0.29) is 12.7 Å². The molecule has 1 saturated heterocycles. The van der Waals surface area contributed by atoms with E-state index in [1.807, 2.05) is 4.90 Å². The van der Waals surface area contributed by atoms with Crippen molar-refractivity contribution in [2.24, 2.45) is 0 Å². The number of nitrogens with zero attached hydrogens (tertiary/aromatic N) is 1. The molecule has 0 radical (unpaired) electrons. The minimum Gasteiger partial charge on any atom is -0.454 e. The number of ether oxygens (including phenoxy) is 2. The molecule has 2 aliphatic heterocycles. The van der Waals surface area contributed by atoms with Gasteiger partial charge in [0.25, 0.3) is 5.91 Å². The van der Waals surface area contributed by atoms with Gasteiger partial charge >= 0.3 is 0 Å². The molecule has 2 heterocycles. The van der Waals surface area contributed by atoms with E-state index in [9.17, 15) is 4.79 Å². The van der Waals surface area contributed by atoms with Crippen LogP contribution in [0.5, 0.6) is 11.5 Å². The Morgan fingerprint density at radius 1 is 1.20 bits per heavy atom. The van der Waals surface area contributed by atoms with Crippen LogP contribution in [0.15, 0.2) is 18.2 Å². The summed E-state index contributed by atoms with van der Waals surface area (Å²) in [6.45, 7) is 1.98. The summed E-state index contributed by atoms with van der Waals surface area (Å²) in [5.41, 5.74) is 0.680. The van der Waals surface area contributed by atoms with Crippen molar-refractivity contribution >= 4 is 5.91 Å². The highest BCUT2D eigenvalue weighted by Crippen LogP contribution is 2.33. The predicted octanol–water partition coefficient (Wildman–Crippen LogP) is 1.26. The third-order valence-corrected chi connectivity index (χ3v) is 2.76. The quantitative estimate of drug-likeness (QED) is 0.692. The fourth-order valence-electron chi connectivity index (χ4n) is 1.73. The largest absolute Gasteiger partial charge is 0.454 e. The summed E-state index contributed by atoms with van der Waals surface area (Å²) >= 11 is 0. The standard InChI is InChI=1S/C11H11NO3/c13-11(12-4-1-5-12)8-2-3-9-10(6-8)15-7-14-9/h2-3,6H,1,4-5,7H2. The van der Waals surface area contributed by atoms with Crippen molar-refractivity contribution in [3.63, 3.8) is 0 Å². The van der Waals surface area contributed by atoms with E-state index in [4.69, 9.17) is 9.47 Å². The van der Waals surface area contributed by atoms with E-state index in [1.165, 1.54) is 0 Å². The van der Waals surface area contributed by atoms with Crippen LogP contribution in [0.25, 0.3) is 0 Å². The molecule has 0 atom stereocenters. The van der Waals surface area contributed by atoms with Crippen LogP contribution in [0.1, 0.15) is 16.8 Å². The SMILES string of the molecule is O=C(c1ccc2c(c1)OCO2)N1CCC1. The highest BCUT2D eigenvalue weighted by Gasteiger charge is 2.23. The van der Waals surface area contributed by atoms with Gasteiger partial charge in [0.2, 0.25) is 6.79 Å². The number of amides is 1. The van der Waals surface area contributed by atoms with Gasteiger partial charge in [0.15, 0.2) is 11.5 Å². The summed E-state index contributed by atoms with van der Waals surface area (Å²) in [5, 5.41) is 0. The molecule has 0 unspecified atom stereocenters. The number of carbonyl (C=O) groups excluding carboxylic acids is 1. The fraction of sp³-hybridized carbons (Fsp3) is 0.364. The van der Waals surface area contributed by atoms with Gasteiger partial charge in [-0.25, -0.2) is 0 Å². The minimum atomic E-state index is 0.0829. The molecule has 0 saturated carbocycles. The van der Waals surface area contributed by atoms with Gasteiger partial charge in [0.1, 0.15) is 0 Å². The Hall–Kier alpha value is -1.71. The maximum Gasteiger partial charge on any atom is 0.253 e. The van der Waals surface area contributed by atoms with Crippen molar-refractivity contribution in [3.05, 3.63) is 23.8 Å². The summed E-state index contributed by atoms with van der Waals surface area (Å²) < 4.78 is 10.4. The molecule has 0 bridgehead atoms. The van der Waals surface area contributed by atoms with Crippen LogP contribution in [0.2, 0.25) is 0 Å². The smallest absolute Gasteiger partial charge is 0.253 e. The van der Waals surface area contributed by atoms with Gasteiger partial charge in [-0.3, -0.25) is 4.79 Å². The normalized spacial score (nSPS) is 17.5. The average Bonchev–Trinajstić information content (AvgIpc) is 2.61. The number of rotatable bonds is 1. The number of likely N-dealkylation sites (tertiary alicyclic amines) is 1. The fourth-order valence-corrected chi connectivity index (χ4v) is 1.73. The van der Waals surface area contributed by atoms with Crippen LogP contribution >= 0.6 is 0 Å². The molecule has 78 valence electrons. The first kappa shape index (κ1) is 8.59. The highest BCUT2D eigenvalue weighted by atomic mass is 16.7. The van der Waals surface area contributed by atoms with Crippen molar-refractivity contribution < 1.29 is 14.3 Å². The molecule has 0 aliphatic carbocycles.